The van der Waals surface area contributed by atoms with Crippen LogP contribution in [0.15, 0.2) is 0 Å². The highest BCUT2D eigenvalue weighted by atomic mass is 16.5. The summed E-state index contributed by atoms with van der Waals surface area (Å²) in [5.74, 6) is 1.84. The third-order valence-corrected chi connectivity index (χ3v) is 3.94. The first-order valence-corrected chi connectivity index (χ1v) is 6.09. The van der Waals surface area contributed by atoms with E-state index in [1.807, 2.05) is 0 Å². The van der Waals surface area contributed by atoms with E-state index in [1.165, 1.54) is 32.4 Å². The van der Waals surface area contributed by atoms with Crippen LogP contribution in [0.4, 0.5) is 0 Å². The molecule has 0 aliphatic carbocycles. The van der Waals surface area contributed by atoms with Crippen molar-refractivity contribution in [2.75, 3.05) is 26.3 Å². The second kappa shape index (κ2) is 4.63. The van der Waals surface area contributed by atoms with Crippen LogP contribution >= 0.6 is 0 Å². The third kappa shape index (κ3) is 2.29. The molecule has 0 saturated carbocycles. The van der Waals surface area contributed by atoms with E-state index in [0.29, 0.717) is 0 Å². The molecule has 2 heterocycles. The van der Waals surface area contributed by atoms with Crippen LogP contribution in [0.2, 0.25) is 0 Å². The first-order valence-electron chi connectivity index (χ1n) is 6.09. The van der Waals surface area contributed by atoms with Crippen molar-refractivity contribution in [2.45, 2.75) is 39.2 Å². The summed E-state index contributed by atoms with van der Waals surface area (Å²) >= 11 is 0. The summed E-state index contributed by atoms with van der Waals surface area (Å²) in [4.78, 5) is 2.64. The van der Waals surface area contributed by atoms with E-state index in [4.69, 9.17) is 4.74 Å². The maximum atomic E-state index is 5.44. The molecule has 2 rings (SSSR count). The summed E-state index contributed by atoms with van der Waals surface area (Å²) in [7, 11) is 0. The van der Waals surface area contributed by atoms with Crippen LogP contribution in [0.1, 0.15) is 33.1 Å². The lowest BCUT2D eigenvalue weighted by atomic mass is 9.86. The topological polar surface area (TPSA) is 12.5 Å². The molecular formula is C12H23NO. The van der Waals surface area contributed by atoms with Gasteiger partial charge in [-0.05, 0) is 44.2 Å². The monoisotopic (exact) mass is 197 g/mol. The van der Waals surface area contributed by atoms with Crippen molar-refractivity contribution in [3.63, 3.8) is 0 Å². The summed E-state index contributed by atoms with van der Waals surface area (Å²) in [5, 5.41) is 0. The summed E-state index contributed by atoms with van der Waals surface area (Å²) in [5.41, 5.74) is 0. The second-order valence-corrected chi connectivity index (χ2v) is 5.13. The van der Waals surface area contributed by atoms with Crippen LogP contribution in [0, 0.1) is 11.8 Å². The molecule has 2 aliphatic heterocycles. The molecule has 0 unspecified atom stereocenters. The number of hydrogen-bond acceptors (Lipinski definition) is 2. The summed E-state index contributed by atoms with van der Waals surface area (Å²) in [6.07, 6.45) is 4.05. The molecule has 2 heteroatoms. The van der Waals surface area contributed by atoms with Crippen molar-refractivity contribution in [3.8, 4) is 0 Å². The van der Waals surface area contributed by atoms with E-state index in [2.05, 4.69) is 18.7 Å². The minimum absolute atomic E-state index is 0.739. The predicted molar refractivity (Wildman–Crippen MR) is 58.4 cm³/mol. The van der Waals surface area contributed by atoms with E-state index in [-0.39, 0.29) is 0 Å². The SMILES string of the molecule is CC(C)C1CCN([C@H]2CCOC2)CC1. The lowest BCUT2D eigenvalue weighted by molar-refractivity contribution is 0.0983. The van der Waals surface area contributed by atoms with Crippen molar-refractivity contribution in [1.82, 2.24) is 4.90 Å². The number of nitrogens with zero attached hydrogens (tertiary/aromatic N) is 1. The fraction of sp³-hybridized carbons (Fsp3) is 1.00. The Morgan fingerprint density at radius 1 is 1.14 bits per heavy atom. The van der Waals surface area contributed by atoms with Crippen LogP contribution in [-0.4, -0.2) is 37.2 Å². The van der Waals surface area contributed by atoms with Crippen LogP contribution in [-0.2, 0) is 4.74 Å². The van der Waals surface area contributed by atoms with E-state index < -0.39 is 0 Å². The molecule has 0 aromatic heterocycles. The molecule has 0 amide bonds. The Bertz CT molecular complexity index is 167. The van der Waals surface area contributed by atoms with Gasteiger partial charge in [0.2, 0.25) is 0 Å². The largest absolute Gasteiger partial charge is 0.380 e. The van der Waals surface area contributed by atoms with Gasteiger partial charge in [-0.1, -0.05) is 13.8 Å². The first kappa shape index (κ1) is 10.4. The molecule has 0 aromatic carbocycles. The fourth-order valence-electron chi connectivity index (χ4n) is 2.76. The van der Waals surface area contributed by atoms with Crippen LogP contribution in [0.5, 0.6) is 0 Å². The van der Waals surface area contributed by atoms with Gasteiger partial charge in [0, 0.05) is 12.6 Å². The lowest BCUT2D eigenvalue weighted by Crippen LogP contribution is -2.42. The molecule has 2 saturated heterocycles. The highest BCUT2D eigenvalue weighted by molar-refractivity contribution is 4.81. The quantitative estimate of drug-likeness (QED) is 0.672. The Hall–Kier alpha value is -0.0800. The third-order valence-electron chi connectivity index (χ3n) is 3.94. The number of likely N-dealkylation sites (tertiary alicyclic amines) is 1. The average Bonchev–Trinajstić information content (AvgIpc) is 2.71. The maximum Gasteiger partial charge on any atom is 0.0622 e. The summed E-state index contributed by atoms with van der Waals surface area (Å²) < 4.78 is 5.44. The van der Waals surface area contributed by atoms with Gasteiger partial charge in [0.1, 0.15) is 0 Å². The predicted octanol–water partition coefficient (Wildman–Crippen LogP) is 2.14. The van der Waals surface area contributed by atoms with Crippen LogP contribution < -0.4 is 0 Å². The van der Waals surface area contributed by atoms with E-state index in [0.717, 1.165) is 31.1 Å². The van der Waals surface area contributed by atoms with Gasteiger partial charge in [0.05, 0.1) is 6.61 Å². The van der Waals surface area contributed by atoms with Gasteiger partial charge >= 0.3 is 0 Å². The zero-order valence-corrected chi connectivity index (χ0v) is 9.54. The van der Waals surface area contributed by atoms with Gasteiger partial charge in [-0.25, -0.2) is 0 Å². The normalized spacial score (nSPS) is 31.5. The van der Waals surface area contributed by atoms with Gasteiger partial charge in [0.25, 0.3) is 0 Å². The van der Waals surface area contributed by atoms with Crippen molar-refractivity contribution < 1.29 is 4.74 Å². The molecular weight excluding hydrogens is 174 g/mol. The van der Waals surface area contributed by atoms with Gasteiger partial charge < -0.3 is 4.74 Å². The van der Waals surface area contributed by atoms with E-state index in [9.17, 15) is 0 Å². The molecule has 2 nitrogen and oxygen atoms in total. The van der Waals surface area contributed by atoms with Crippen molar-refractivity contribution >= 4 is 0 Å². The molecule has 0 spiro atoms. The van der Waals surface area contributed by atoms with Crippen LogP contribution in [0.3, 0.4) is 0 Å². The summed E-state index contributed by atoms with van der Waals surface area (Å²) in [6, 6.07) is 0.739. The molecule has 0 radical (unpaired) electrons. The molecule has 0 aromatic rings. The van der Waals surface area contributed by atoms with Gasteiger partial charge in [-0.15, -0.1) is 0 Å². The first-order chi connectivity index (χ1) is 6.77. The van der Waals surface area contributed by atoms with Crippen molar-refractivity contribution in [1.29, 1.82) is 0 Å². The highest BCUT2D eigenvalue weighted by Gasteiger charge is 2.28. The minimum Gasteiger partial charge on any atom is -0.380 e. The van der Waals surface area contributed by atoms with E-state index in [1.54, 1.807) is 0 Å². The fourth-order valence-corrected chi connectivity index (χ4v) is 2.76. The second-order valence-electron chi connectivity index (χ2n) is 5.13. The Labute approximate surface area is 87.6 Å². The van der Waals surface area contributed by atoms with Crippen LogP contribution in [0.25, 0.3) is 0 Å². The van der Waals surface area contributed by atoms with E-state index >= 15 is 0 Å². The summed E-state index contributed by atoms with van der Waals surface area (Å²) in [6.45, 7) is 9.28. The molecule has 0 N–H and O–H groups in total. The van der Waals surface area contributed by atoms with Gasteiger partial charge in [-0.2, -0.15) is 0 Å². The molecule has 0 bridgehead atoms. The lowest BCUT2D eigenvalue weighted by Gasteiger charge is -2.36. The molecule has 14 heavy (non-hydrogen) atoms. The Morgan fingerprint density at radius 3 is 2.36 bits per heavy atom. The Morgan fingerprint density at radius 2 is 1.86 bits per heavy atom. The molecule has 1 atom stereocenters. The maximum absolute atomic E-state index is 5.44. The number of hydrogen-bond donors (Lipinski definition) is 0. The standard InChI is InChI=1S/C12H23NO/c1-10(2)11-3-6-13(7-4-11)12-5-8-14-9-12/h10-12H,3-9H2,1-2H3/t12-/m0/s1. The zero-order valence-electron chi connectivity index (χ0n) is 9.54. The minimum atomic E-state index is 0.739. The van der Waals surface area contributed by atoms with Crippen molar-refractivity contribution in [2.24, 2.45) is 11.8 Å². The smallest absolute Gasteiger partial charge is 0.0622 e. The Balaban J connectivity index is 1.77. The number of ether oxygens (including phenoxy) is 1. The number of rotatable bonds is 2. The van der Waals surface area contributed by atoms with Gasteiger partial charge in [0.15, 0.2) is 0 Å². The molecule has 2 aliphatic rings. The van der Waals surface area contributed by atoms with Crippen molar-refractivity contribution in [3.05, 3.63) is 0 Å². The Kier molecular flexibility index (Phi) is 3.45. The highest BCUT2D eigenvalue weighted by Crippen LogP contribution is 2.26. The van der Waals surface area contributed by atoms with Gasteiger partial charge in [-0.3, -0.25) is 4.90 Å². The number of piperidine rings is 1. The molecule has 2 fully saturated rings. The molecule has 82 valence electrons. The zero-order chi connectivity index (χ0) is 9.97. The average molecular weight is 197 g/mol.